The molecule has 2 rings (SSSR count). The van der Waals surface area contributed by atoms with E-state index in [1.54, 1.807) is 7.11 Å². The Morgan fingerprint density at radius 1 is 1.55 bits per heavy atom. The third kappa shape index (κ3) is 3.44. The fourth-order valence-corrected chi connectivity index (χ4v) is 2.68. The molecule has 0 spiro atoms. The largest absolute Gasteiger partial charge is 0.496 e. The van der Waals surface area contributed by atoms with Crippen molar-refractivity contribution in [1.29, 1.82) is 0 Å². The molecular weight excluding hydrogens is 276 g/mol. The molecule has 1 amide bonds. The summed E-state index contributed by atoms with van der Waals surface area (Å²) in [5.41, 5.74) is 8.22. The Balaban J connectivity index is 0.00000200. The molecule has 1 aromatic rings. The summed E-state index contributed by atoms with van der Waals surface area (Å²) < 4.78 is 5.36. The lowest BCUT2D eigenvalue weighted by molar-refractivity contribution is -0.123. The first kappa shape index (κ1) is 16.8. The summed E-state index contributed by atoms with van der Waals surface area (Å²) in [6, 6.07) is 5.65. The molecular formula is C15H23ClN2O2. The van der Waals surface area contributed by atoms with E-state index < -0.39 is 6.04 Å². The summed E-state index contributed by atoms with van der Waals surface area (Å²) >= 11 is 0. The fraction of sp³-hybridized carbons (Fsp3) is 0.533. The molecule has 5 heteroatoms. The zero-order valence-corrected chi connectivity index (χ0v) is 12.8. The lowest BCUT2D eigenvalue weighted by Crippen LogP contribution is -2.41. The maximum atomic E-state index is 12.0. The van der Waals surface area contributed by atoms with E-state index >= 15 is 0 Å². The zero-order chi connectivity index (χ0) is 13.8. The maximum Gasteiger partial charge on any atom is 0.237 e. The third-order valence-corrected chi connectivity index (χ3v) is 3.70. The monoisotopic (exact) mass is 298 g/mol. The standard InChI is InChI=1S/C15H22N2O2.ClH/c1-3-5-12(16)15(18)17-13-9-8-11-10(13)6-4-7-14(11)19-2;/h4,6-7,12-13H,3,5,8-9,16H2,1-2H3,(H,17,18);1H. The zero-order valence-electron chi connectivity index (χ0n) is 12.0. The first-order chi connectivity index (χ1) is 9.17. The minimum atomic E-state index is -0.403. The highest BCUT2D eigenvalue weighted by molar-refractivity contribution is 5.85. The summed E-state index contributed by atoms with van der Waals surface area (Å²) in [6.07, 6.45) is 3.50. The van der Waals surface area contributed by atoms with Crippen LogP contribution >= 0.6 is 12.4 Å². The molecule has 3 N–H and O–H groups in total. The van der Waals surface area contributed by atoms with Crippen molar-refractivity contribution in [1.82, 2.24) is 5.32 Å². The highest BCUT2D eigenvalue weighted by Crippen LogP contribution is 2.36. The summed E-state index contributed by atoms with van der Waals surface area (Å²) in [5.74, 6) is 0.856. The predicted molar refractivity (Wildman–Crippen MR) is 82.3 cm³/mol. The topological polar surface area (TPSA) is 64.4 Å². The number of nitrogens with one attached hydrogen (secondary N) is 1. The molecule has 0 bridgehead atoms. The van der Waals surface area contributed by atoms with Gasteiger partial charge in [-0.3, -0.25) is 4.79 Å². The molecule has 0 heterocycles. The second-order valence-corrected chi connectivity index (χ2v) is 5.02. The van der Waals surface area contributed by atoms with Gasteiger partial charge in [-0.15, -0.1) is 12.4 Å². The van der Waals surface area contributed by atoms with Gasteiger partial charge in [-0.1, -0.05) is 25.5 Å². The van der Waals surface area contributed by atoms with Gasteiger partial charge >= 0.3 is 0 Å². The van der Waals surface area contributed by atoms with Crippen molar-refractivity contribution in [3.63, 3.8) is 0 Å². The molecule has 0 radical (unpaired) electrons. The molecule has 2 atom stereocenters. The Bertz CT molecular complexity index is 465. The molecule has 1 aromatic carbocycles. The van der Waals surface area contributed by atoms with E-state index in [1.165, 1.54) is 5.56 Å². The number of hydrogen-bond acceptors (Lipinski definition) is 3. The van der Waals surface area contributed by atoms with Gasteiger partial charge in [0.15, 0.2) is 0 Å². The number of carbonyl (C=O) groups excluding carboxylic acids is 1. The summed E-state index contributed by atoms with van der Waals surface area (Å²) in [5, 5.41) is 3.05. The molecule has 0 saturated carbocycles. The Morgan fingerprint density at radius 2 is 2.30 bits per heavy atom. The average molecular weight is 299 g/mol. The molecule has 0 fully saturated rings. The van der Waals surface area contributed by atoms with Crippen LogP contribution in [0.25, 0.3) is 0 Å². The minimum Gasteiger partial charge on any atom is -0.496 e. The van der Waals surface area contributed by atoms with Crippen LogP contribution in [-0.2, 0) is 11.2 Å². The Morgan fingerprint density at radius 3 is 2.95 bits per heavy atom. The van der Waals surface area contributed by atoms with Crippen LogP contribution in [0.3, 0.4) is 0 Å². The number of fused-ring (bicyclic) bond motifs is 1. The van der Waals surface area contributed by atoms with Crippen LogP contribution in [0.2, 0.25) is 0 Å². The van der Waals surface area contributed by atoms with Gasteiger partial charge < -0.3 is 15.8 Å². The van der Waals surface area contributed by atoms with E-state index in [9.17, 15) is 4.79 Å². The summed E-state index contributed by atoms with van der Waals surface area (Å²) in [4.78, 5) is 12.0. The van der Waals surface area contributed by atoms with Crippen molar-refractivity contribution < 1.29 is 9.53 Å². The number of hydrogen-bond donors (Lipinski definition) is 2. The van der Waals surface area contributed by atoms with E-state index in [1.807, 2.05) is 19.1 Å². The number of halogens is 1. The highest BCUT2D eigenvalue weighted by Gasteiger charge is 2.27. The van der Waals surface area contributed by atoms with Crippen molar-refractivity contribution in [3.8, 4) is 5.75 Å². The van der Waals surface area contributed by atoms with Crippen LogP contribution in [0.1, 0.15) is 43.4 Å². The molecule has 1 aliphatic carbocycles. The van der Waals surface area contributed by atoms with Gasteiger partial charge in [0.05, 0.1) is 19.2 Å². The Hall–Kier alpha value is -1.26. The van der Waals surface area contributed by atoms with E-state index in [0.717, 1.165) is 37.0 Å². The van der Waals surface area contributed by atoms with Gasteiger partial charge in [0.2, 0.25) is 5.91 Å². The lowest BCUT2D eigenvalue weighted by atomic mass is 10.1. The minimum absolute atomic E-state index is 0. The molecule has 20 heavy (non-hydrogen) atoms. The average Bonchev–Trinajstić information content (AvgIpc) is 2.82. The van der Waals surface area contributed by atoms with Crippen molar-refractivity contribution in [2.45, 2.75) is 44.7 Å². The highest BCUT2D eigenvalue weighted by atomic mass is 35.5. The molecule has 0 saturated heterocycles. The maximum absolute atomic E-state index is 12.0. The molecule has 112 valence electrons. The molecule has 0 aromatic heterocycles. The smallest absolute Gasteiger partial charge is 0.237 e. The number of benzene rings is 1. The van der Waals surface area contributed by atoms with Gasteiger partial charge in [-0.2, -0.15) is 0 Å². The van der Waals surface area contributed by atoms with Crippen LogP contribution in [0.4, 0.5) is 0 Å². The van der Waals surface area contributed by atoms with Gasteiger partial charge in [0.1, 0.15) is 5.75 Å². The fourth-order valence-electron chi connectivity index (χ4n) is 2.68. The van der Waals surface area contributed by atoms with Crippen molar-refractivity contribution in [2.24, 2.45) is 5.73 Å². The first-order valence-corrected chi connectivity index (χ1v) is 6.89. The molecule has 0 aliphatic heterocycles. The van der Waals surface area contributed by atoms with Crippen molar-refractivity contribution >= 4 is 18.3 Å². The van der Waals surface area contributed by atoms with E-state index in [4.69, 9.17) is 10.5 Å². The second-order valence-electron chi connectivity index (χ2n) is 5.02. The van der Waals surface area contributed by atoms with Crippen LogP contribution in [0.15, 0.2) is 18.2 Å². The van der Waals surface area contributed by atoms with Crippen LogP contribution in [-0.4, -0.2) is 19.1 Å². The van der Waals surface area contributed by atoms with Crippen LogP contribution < -0.4 is 15.8 Å². The van der Waals surface area contributed by atoms with Gasteiger partial charge in [0, 0.05) is 0 Å². The number of amides is 1. The second kappa shape index (κ2) is 7.50. The number of ether oxygens (including phenoxy) is 1. The third-order valence-electron chi connectivity index (χ3n) is 3.70. The van der Waals surface area contributed by atoms with E-state index in [0.29, 0.717) is 0 Å². The van der Waals surface area contributed by atoms with Gasteiger partial charge in [-0.05, 0) is 36.5 Å². The summed E-state index contributed by atoms with van der Waals surface area (Å²) in [7, 11) is 1.68. The predicted octanol–water partition coefficient (Wildman–Crippen LogP) is 2.35. The Labute approximate surface area is 126 Å². The van der Waals surface area contributed by atoms with E-state index in [2.05, 4.69) is 11.4 Å². The van der Waals surface area contributed by atoms with Crippen molar-refractivity contribution in [3.05, 3.63) is 29.3 Å². The number of methoxy groups -OCH3 is 1. The van der Waals surface area contributed by atoms with Gasteiger partial charge in [-0.25, -0.2) is 0 Å². The quantitative estimate of drug-likeness (QED) is 0.877. The van der Waals surface area contributed by atoms with Crippen LogP contribution in [0, 0.1) is 0 Å². The number of rotatable bonds is 5. The number of carbonyl (C=O) groups is 1. The first-order valence-electron chi connectivity index (χ1n) is 6.89. The molecule has 1 aliphatic rings. The number of nitrogens with two attached hydrogens (primary N) is 1. The Kier molecular flexibility index (Phi) is 6.30. The molecule has 2 unspecified atom stereocenters. The lowest BCUT2D eigenvalue weighted by Gasteiger charge is -2.17. The normalized spacial score (nSPS) is 17.9. The van der Waals surface area contributed by atoms with Crippen LogP contribution in [0.5, 0.6) is 5.75 Å². The van der Waals surface area contributed by atoms with Gasteiger partial charge in [0.25, 0.3) is 0 Å². The van der Waals surface area contributed by atoms with E-state index in [-0.39, 0.29) is 24.4 Å². The summed E-state index contributed by atoms with van der Waals surface area (Å²) in [6.45, 7) is 2.03. The van der Waals surface area contributed by atoms with Crippen molar-refractivity contribution in [2.75, 3.05) is 7.11 Å². The SMILES string of the molecule is CCCC(N)C(=O)NC1CCc2c(OC)cccc21.Cl. The molecule has 4 nitrogen and oxygen atoms in total.